The summed E-state index contributed by atoms with van der Waals surface area (Å²) in [7, 11) is -3.93. The molecule has 0 aliphatic heterocycles. The normalized spacial score (nSPS) is 11.6. The van der Waals surface area contributed by atoms with Crippen LogP contribution in [-0.2, 0) is 14.4 Å². The highest BCUT2D eigenvalue weighted by atomic mass is 35.5. The standard InChI is InChI=1S/C13H9ClNO3S/c14-12-6-8-13(9-7-12)19(16,17)18-15-10-11-4-2-1-3-5-11/h1-9H. The monoisotopic (exact) mass is 294 g/mol. The summed E-state index contributed by atoms with van der Waals surface area (Å²) in [6.07, 6.45) is 2.48. The molecule has 0 aliphatic rings. The van der Waals surface area contributed by atoms with Gasteiger partial charge in [-0.25, -0.2) is 0 Å². The van der Waals surface area contributed by atoms with Gasteiger partial charge in [0.1, 0.15) is 11.1 Å². The molecule has 0 aliphatic carbocycles. The first-order chi connectivity index (χ1) is 9.08. The first-order valence-corrected chi connectivity index (χ1v) is 7.07. The molecule has 0 heterocycles. The van der Waals surface area contributed by atoms with Crippen LogP contribution in [-0.4, -0.2) is 14.6 Å². The van der Waals surface area contributed by atoms with Gasteiger partial charge in [0.05, 0.1) is 0 Å². The molecule has 0 amide bonds. The van der Waals surface area contributed by atoms with E-state index >= 15 is 0 Å². The van der Waals surface area contributed by atoms with Gasteiger partial charge in [-0.15, -0.1) is 0 Å². The van der Waals surface area contributed by atoms with E-state index < -0.39 is 10.1 Å². The van der Waals surface area contributed by atoms with Gasteiger partial charge in [-0.05, 0) is 24.3 Å². The molecule has 1 radical (unpaired) electrons. The van der Waals surface area contributed by atoms with Crippen molar-refractivity contribution >= 4 is 27.9 Å². The molecule has 97 valence electrons. The highest BCUT2D eigenvalue weighted by Gasteiger charge is 2.14. The summed E-state index contributed by atoms with van der Waals surface area (Å²) < 4.78 is 28.0. The molecule has 0 atom stereocenters. The van der Waals surface area contributed by atoms with E-state index in [4.69, 9.17) is 11.6 Å². The molecule has 0 spiro atoms. The summed E-state index contributed by atoms with van der Waals surface area (Å²) in [6, 6.07) is 14.5. The number of halogens is 1. The minimum Gasteiger partial charge on any atom is -0.264 e. The van der Waals surface area contributed by atoms with E-state index in [1.165, 1.54) is 24.3 Å². The first kappa shape index (κ1) is 13.6. The Kier molecular flexibility index (Phi) is 4.19. The van der Waals surface area contributed by atoms with Crippen molar-refractivity contribution in [2.24, 2.45) is 5.16 Å². The fourth-order valence-corrected chi connectivity index (χ4v) is 2.09. The third-order valence-electron chi connectivity index (χ3n) is 2.19. The number of hydrogen-bond acceptors (Lipinski definition) is 4. The lowest BCUT2D eigenvalue weighted by atomic mass is 10.2. The minimum absolute atomic E-state index is 0.0180. The van der Waals surface area contributed by atoms with Gasteiger partial charge in [-0.3, -0.25) is 4.28 Å². The highest BCUT2D eigenvalue weighted by Crippen LogP contribution is 2.16. The maximum Gasteiger partial charge on any atom is 0.358 e. The van der Waals surface area contributed by atoms with E-state index in [1.54, 1.807) is 24.3 Å². The van der Waals surface area contributed by atoms with Crippen LogP contribution in [0.1, 0.15) is 5.56 Å². The predicted octanol–water partition coefficient (Wildman–Crippen LogP) is 2.96. The van der Waals surface area contributed by atoms with E-state index in [0.29, 0.717) is 10.6 Å². The largest absolute Gasteiger partial charge is 0.358 e. The average Bonchev–Trinajstić information content (AvgIpc) is 2.40. The van der Waals surface area contributed by atoms with Crippen molar-refractivity contribution in [2.75, 3.05) is 0 Å². The van der Waals surface area contributed by atoms with Crippen LogP contribution in [0.4, 0.5) is 0 Å². The van der Waals surface area contributed by atoms with E-state index in [9.17, 15) is 8.42 Å². The Labute approximate surface area is 116 Å². The van der Waals surface area contributed by atoms with Gasteiger partial charge in [0.25, 0.3) is 0 Å². The van der Waals surface area contributed by atoms with Crippen LogP contribution in [0.25, 0.3) is 0 Å². The number of nitrogens with zero attached hydrogens (tertiary/aromatic N) is 1. The second-order valence-electron chi connectivity index (χ2n) is 3.55. The van der Waals surface area contributed by atoms with Crippen LogP contribution in [0, 0.1) is 0 Å². The first-order valence-electron chi connectivity index (χ1n) is 5.28. The van der Waals surface area contributed by atoms with E-state index in [-0.39, 0.29) is 4.90 Å². The summed E-state index contributed by atoms with van der Waals surface area (Å²) in [5.41, 5.74) is 0.619. The van der Waals surface area contributed by atoms with Crippen molar-refractivity contribution < 1.29 is 12.7 Å². The molecule has 0 bridgehead atoms. The van der Waals surface area contributed by atoms with Crippen LogP contribution >= 0.6 is 11.6 Å². The lowest BCUT2D eigenvalue weighted by molar-refractivity contribution is 0.341. The molecule has 0 saturated heterocycles. The molecule has 4 nitrogen and oxygen atoms in total. The predicted molar refractivity (Wildman–Crippen MR) is 72.7 cm³/mol. The van der Waals surface area contributed by atoms with Gasteiger partial charge in [0.15, 0.2) is 0 Å². The van der Waals surface area contributed by atoms with Gasteiger partial charge in [-0.1, -0.05) is 47.1 Å². The molecule has 0 saturated carbocycles. The van der Waals surface area contributed by atoms with Gasteiger partial charge in [-0.2, -0.15) is 8.42 Å². The Bertz CT molecular complexity index is 667. The van der Waals surface area contributed by atoms with Gasteiger partial charge >= 0.3 is 10.1 Å². The summed E-state index contributed by atoms with van der Waals surface area (Å²) in [6.45, 7) is 0. The van der Waals surface area contributed by atoms with Crippen LogP contribution in [0.2, 0.25) is 5.02 Å². The van der Waals surface area contributed by atoms with Crippen molar-refractivity contribution in [1.29, 1.82) is 0 Å². The second kappa shape index (κ2) is 5.86. The smallest absolute Gasteiger partial charge is 0.264 e. The van der Waals surface area contributed by atoms with Crippen LogP contribution < -0.4 is 0 Å². The topological polar surface area (TPSA) is 55.7 Å². The minimum atomic E-state index is -3.93. The van der Waals surface area contributed by atoms with E-state index in [0.717, 1.165) is 0 Å². The lowest BCUT2D eigenvalue weighted by Crippen LogP contribution is -2.02. The zero-order valence-electron chi connectivity index (χ0n) is 9.65. The van der Waals surface area contributed by atoms with Crippen molar-refractivity contribution in [1.82, 2.24) is 0 Å². The zero-order chi connectivity index (χ0) is 13.7. The maximum atomic E-state index is 11.7. The highest BCUT2D eigenvalue weighted by molar-refractivity contribution is 7.86. The quantitative estimate of drug-likeness (QED) is 0.643. The number of hydrogen-bond donors (Lipinski definition) is 0. The summed E-state index contributed by atoms with van der Waals surface area (Å²) in [5.74, 6) is 0. The number of benzene rings is 2. The van der Waals surface area contributed by atoms with Crippen LogP contribution in [0.5, 0.6) is 0 Å². The summed E-state index contributed by atoms with van der Waals surface area (Å²) in [4.78, 5) is -0.0180. The van der Waals surface area contributed by atoms with Gasteiger partial charge in [0, 0.05) is 10.6 Å². The molecule has 0 unspecified atom stereocenters. The Morgan fingerprint density at radius 2 is 1.63 bits per heavy atom. The zero-order valence-corrected chi connectivity index (χ0v) is 11.2. The molecule has 2 rings (SSSR count). The summed E-state index contributed by atoms with van der Waals surface area (Å²) >= 11 is 5.67. The van der Waals surface area contributed by atoms with Gasteiger partial charge < -0.3 is 0 Å². The molecule has 0 fully saturated rings. The third kappa shape index (κ3) is 3.81. The average molecular weight is 295 g/mol. The van der Waals surface area contributed by atoms with Crippen molar-refractivity contribution in [3.05, 3.63) is 65.2 Å². The third-order valence-corrected chi connectivity index (χ3v) is 3.56. The SMILES string of the molecule is O=S(=O)(O/N=[C]/c1ccccc1)c1ccc(Cl)cc1. The number of rotatable bonds is 4. The molecule has 2 aromatic rings. The van der Waals surface area contributed by atoms with Gasteiger partial charge in [0.2, 0.25) is 0 Å². The Balaban J connectivity index is 2.10. The molecule has 19 heavy (non-hydrogen) atoms. The maximum absolute atomic E-state index is 11.7. The molecule has 2 aromatic carbocycles. The van der Waals surface area contributed by atoms with Crippen LogP contribution in [0.15, 0.2) is 64.6 Å². The molecule has 0 aromatic heterocycles. The van der Waals surface area contributed by atoms with Crippen molar-refractivity contribution in [2.45, 2.75) is 4.90 Å². The Morgan fingerprint density at radius 3 is 2.26 bits per heavy atom. The van der Waals surface area contributed by atoms with Crippen LogP contribution in [0.3, 0.4) is 0 Å². The molecule has 6 heteroatoms. The Morgan fingerprint density at radius 1 is 1.00 bits per heavy atom. The fraction of sp³-hybridized carbons (Fsp3) is 0. The molecule has 0 N–H and O–H groups in total. The Hall–Kier alpha value is -1.85. The second-order valence-corrected chi connectivity index (χ2v) is 5.52. The molecular formula is C13H9ClNO3S. The van der Waals surface area contributed by atoms with E-state index in [2.05, 4.69) is 15.7 Å². The van der Waals surface area contributed by atoms with Crippen molar-refractivity contribution in [3.8, 4) is 0 Å². The molecular weight excluding hydrogens is 286 g/mol. The summed E-state index contributed by atoms with van der Waals surface area (Å²) in [5, 5.41) is 3.78. The lowest BCUT2D eigenvalue weighted by Gasteiger charge is -2.00. The fourth-order valence-electron chi connectivity index (χ4n) is 1.28. The van der Waals surface area contributed by atoms with E-state index in [1.807, 2.05) is 6.07 Å². The van der Waals surface area contributed by atoms with Crippen molar-refractivity contribution in [3.63, 3.8) is 0 Å².